The van der Waals surface area contributed by atoms with Crippen molar-refractivity contribution in [2.45, 2.75) is 6.04 Å². The fourth-order valence-electron chi connectivity index (χ4n) is 1.56. The van der Waals surface area contributed by atoms with Crippen molar-refractivity contribution < 1.29 is 4.79 Å². The van der Waals surface area contributed by atoms with E-state index in [0.717, 1.165) is 26.7 Å². The molecule has 0 saturated carbocycles. The molecule has 1 heterocycles. The molecule has 1 aromatic carbocycles. The van der Waals surface area contributed by atoms with Gasteiger partial charge in [-0.25, -0.2) is 0 Å². The normalized spacial score (nSPS) is 14.8. The average molecular weight is 431 g/mol. The van der Waals surface area contributed by atoms with E-state index in [1.165, 1.54) is 0 Å². The van der Waals surface area contributed by atoms with Crippen LogP contribution < -0.4 is 5.32 Å². The van der Waals surface area contributed by atoms with Gasteiger partial charge in [0.15, 0.2) is 0 Å². The first-order valence-corrected chi connectivity index (χ1v) is 6.89. The molecule has 1 saturated heterocycles. The Morgan fingerprint density at radius 2 is 2.18 bits per heavy atom. The molecule has 1 aliphatic rings. The number of nitrogens with one attached hydrogen (secondary N) is 1. The van der Waals surface area contributed by atoms with Gasteiger partial charge in [0.25, 0.3) is 5.91 Å². The molecule has 17 heavy (non-hydrogen) atoms. The topological polar surface area (TPSA) is 32.3 Å². The van der Waals surface area contributed by atoms with E-state index >= 15 is 0 Å². The van der Waals surface area contributed by atoms with Gasteiger partial charge in [0.2, 0.25) is 0 Å². The Kier molecular flexibility index (Phi) is 5.69. The number of hydrogen-bond donors (Lipinski definition) is 1. The number of carbonyl (C=O) groups excluding carboxylic acids is 1. The van der Waals surface area contributed by atoms with E-state index in [1.807, 2.05) is 30.1 Å². The minimum Gasteiger partial charge on any atom is -0.336 e. The van der Waals surface area contributed by atoms with Crippen LogP contribution in [0.1, 0.15) is 10.4 Å². The van der Waals surface area contributed by atoms with Gasteiger partial charge in [0.1, 0.15) is 0 Å². The van der Waals surface area contributed by atoms with Gasteiger partial charge in [-0.3, -0.25) is 4.79 Å². The van der Waals surface area contributed by atoms with Crippen molar-refractivity contribution in [1.82, 2.24) is 10.2 Å². The Morgan fingerprint density at radius 3 is 2.71 bits per heavy atom. The number of hydrogen-bond acceptors (Lipinski definition) is 2. The second-order valence-electron chi connectivity index (χ2n) is 3.85. The highest BCUT2D eigenvalue weighted by molar-refractivity contribution is 14.1. The molecule has 1 N–H and O–H groups in total. The Bertz CT molecular complexity index is 426. The second-order valence-corrected chi connectivity index (χ2v) is 5.93. The number of nitrogens with zero attached hydrogens (tertiary/aromatic N) is 1. The fourth-order valence-corrected chi connectivity index (χ4v) is 2.49. The van der Waals surface area contributed by atoms with Gasteiger partial charge in [-0.2, -0.15) is 0 Å². The van der Waals surface area contributed by atoms with Crippen molar-refractivity contribution in [2.75, 3.05) is 20.1 Å². The number of benzene rings is 1. The molecule has 0 spiro atoms. The molecule has 1 amide bonds. The van der Waals surface area contributed by atoms with Crippen LogP contribution in [-0.2, 0) is 0 Å². The van der Waals surface area contributed by atoms with Crippen molar-refractivity contribution in [3.8, 4) is 0 Å². The quantitative estimate of drug-likeness (QED) is 0.730. The lowest BCUT2D eigenvalue weighted by Crippen LogP contribution is -2.57. The van der Waals surface area contributed by atoms with E-state index in [0.29, 0.717) is 6.04 Å². The summed E-state index contributed by atoms with van der Waals surface area (Å²) in [5.41, 5.74) is 0.768. The van der Waals surface area contributed by atoms with Crippen LogP contribution in [0.25, 0.3) is 0 Å². The third-order valence-electron chi connectivity index (χ3n) is 2.79. The average Bonchev–Trinajstić information content (AvgIpc) is 2.18. The second kappa shape index (κ2) is 6.36. The molecule has 6 heteroatoms. The zero-order chi connectivity index (χ0) is 11.7. The monoisotopic (exact) mass is 430 g/mol. The summed E-state index contributed by atoms with van der Waals surface area (Å²) in [5.74, 6) is 0.0946. The molecule has 1 aromatic rings. The standard InChI is InChI=1S/C11H12BrIN2O.ClH/c1-15(8-5-14-6-8)11(16)9-4-7(12)2-3-10(9)13;/h2-4,8,14H,5-6H2,1H3;1H. The maximum atomic E-state index is 12.2. The van der Waals surface area contributed by atoms with Crippen LogP contribution in [0.2, 0.25) is 0 Å². The fraction of sp³-hybridized carbons (Fsp3) is 0.364. The molecule has 3 nitrogen and oxygen atoms in total. The van der Waals surface area contributed by atoms with E-state index in [1.54, 1.807) is 0 Å². The van der Waals surface area contributed by atoms with Crippen molar-refractivity contribution in [2.24, 2.45) is 0 Å². The summed E-state index contributed by atoms with van der Waals surface area (Å²) >= 11 is 5.59. The Hall–Kier alpha value is 0.150. The Balaban J connectivity index is 0.00000144. The van der Waals surface area contributed by atoms with Crippen molar-refractivity contribution in [3.63, 3.8) is 0 Å². The van der Waals surface area contributed by atoms with E-state index in [4.69, 9.17) is 0 Å². The van der Waals surface area contributed by atoms with Crippen LogP contribution in [0.5, 0.6) is 0 Å². The molecule has 0 bridgehead atoms. The van der Waals surface area contributed by atoms with Crippen molar-refractivity contribution in [3.05, 3.63) is 31.8 Å². The lowest BCUT2D eigenvalue weighted by Gasteiger charge is -2.35. The number of amides is 1. The zero-order valence-corrected chi connectivity index (χ0v) is 13.8. The maximum absolute atomic E-state index is 12.2. The summed E-state index contributed by atoms with van der Waals surface area (Å²) in [6, 6.07) is 6.11. The minimum absolute atomic E-state index is 0. The van der Waals surface area contributed by atoms with Gasteiger partial charge in [-0.15, -0.1) is 12.4 Å². The summed E-state index contributed by atoms with van der Waals surface area (Å²) in [4.78, 5) is 14.0. The first-order valence-electron chi connectivity index (χ1n) is 5.02. The number of likely N-dealkylation sites (N-methyl/N-ethyl adjacent to an activating group) is 1. The van der Waals surface area contributed by atoms with Gasteiger partial charge in [0, 0.05) is 28.2 Å². The molecule has 0 atom stereocenters. The molecule has 0 aromatic heterocycles. The molecular weight excluding hydrogens is 418 g/mol. The number of carbonyl (C=O) groups is 1. The lowest BCUT2D eigenvalue weighted by molar-refractivity contribution is 0.0680. The molecule has 1 aliphatic heterocycles. The molecule has 0 radical (unpaired) electrons. The van der Waals surface area contributed by atoms with Crippen molar-refractivity contribution in [1.29, 1.82) is 0 Å². The molecule has 1 fully saturated rings. The maximum Gasteiger partial charge on any atom is 0.255 e. The molecule has 0 unspecified atom stereocenters. The number of rotatable bonds is 2. The van der Waals surface area contributed by atoms with Crippen molar-refractivity contribution >= 4 is 56.8 Å². The van der Waals surface area contributed by atoms with Crippen LogP contribution >= 0.6 is 50.9 Å². The SMILES string of the molecule is CN(C(=O)c1cc(Br)ccc1I)C1CNC1.Cl. The first-order chi connectivity index (χ1) is 7.59. The largest absolute Gasteiger partial charge is 0.336 e. The van der Waals surface area contributed by atoms with E-state index in [-0.39, 0.29) is 18.3 Å². The molecular formula is C11H13BrClIN2O. The summed E-state index contributed by atoms with van der Waals surface area (Å²) in [6.07, 6.45) is 0. The highest BCUT2D eigenvalue weighted by Gasteiger charge is 2.26. The van der Waals surface area contributed by atoms with Gasteiger partial charge in [-0.05, 0) is 40.8 Å². The van der Waals surface area contributed by atoms with Crippen LogP contribution in [0.4, 0.5) is 0 Å². The van der Waals surface area contributed by atoms with Crippen LogP contribution in [0.3, 0.4) is 0 Å². The summed E-state index contributed by atoms with van der Waals surface area (Å²) < 4.78 is 1.93. The Morgan fingerprint density at radius 1 is 1.53 bits per heavy atom. The highest BCUT2D eigenvalue weighted by Crippen LogP contribution is 2.20. The summed E-state index contributed by atoms with van der Waals surface area (Å²) in [5, 5.41) is 3.17. The predicted molar refractivity (Wildman–Crippen MR) is 82.9 cm³/mol. The lowest BCUT2D eigenvalue weighted by atomic mass is 10.1. The minimum atomic E-state index is 0. The molecule has 94 valence electrons. The van der Waals surface area contributed by atoms with Gasteiger partial charge in [0.05, 0.1) is 11.6 Å². The molecule has 0 aliphatic carbocycles. The van der Waals surface area contributed by atoms with E-state index in [2.05, 4.69) is 43.8 Å². The van der Waals surface area contributed by atoms with Crippen LogP contribution in [0.15, 0.2) is 22.7 Å². The third-order valence-corrected chi connectivity index (χ3v) is 4.22. The van der Waals surface area contributed by atoms with Crippen LogP contribution in [-0.4, -0.2) is 37.0 Å². The summed E-state index contributed by atoms with van der Waals surface area (Å²) in [6.45, 7) is 1.79. The van der Waals surface area contributed by atoms with E-state index < -0.39 is 0 Å². The first kappa shape index (κ1) is 15.2. The highest BCUT2D eigenvalue weighted by atomic mass is 127. The smallest absolute Gasteiger partial charge is 0.255 e. The van der Waals surface area contributed by atoms with Crippen LogP contribution in [0, 0.1) is 3.57 Å². The predicted octanol–water partition coefficient (Wildman–Crippen LogP) is 2.52. The number of halogens is 3. The van der Waals surface area contributed by atoms with E-state index in [9.17, 15) is 4.79 Å². The summed E-state index contributed by atoms with van der Waals surface area (Å²) in [7, 11) is 1.87. The molecule has 2 rings (SSSR count). The Labute approximate surface area is 129 Å². The third kappa shape index (κ3) is 3.33. The van der Waals surface area contributed by atoms with Gasteiger partial charge >= 0.3 is 0 Å². The van der Waals surface area contributed by atoms with Gasteiger partial charge in [-0.1, -0.05) is 15.9 Å². The van der Waals surface area contributed by atoms with Gasteiger partial charge < -0.3 is 10.2 Å². The zero-order valence-electron chi connectivity index (χ0n) is 9.24.